The van der Waals surface area contributed by atoms with Gasteiger partial charge in [-0.3, -0.25) is 0 Å². The fourth-order valence-corrected chi connectivity index (χ4v) is 2.53. The van der Waals surface area contributed by atoms with Crippen molar-refractivity contribution >= 4 is 0 Å². The number of ether oxygens (including phenoxy) is 1. The lowest BCUT2D eigenvalue weighted by Gasteiger charge is -2.31. The summed E-state index contributed by atoms with van der Waals surface area (Å²) >= 11 is 0. The number of aliphatic hydroxyl groups excluding tert-OH is 1. The van der Waals surface area contributed by atoms with Gasteiger partial charge in [-0.05, 0) is 44.6 Å². The summed E-state index contributed by atoms with van der Waals surface area (Å²) in [4.78, 5) is 2.17. The molecule has 3 heteroatoms. The molecule has 0 aromatic heterocycles. The Bertz CT molecular complexity index is 373. The fourth-order valence-electron chi connectivity index (χ4n) is 2.53. The zero-order chi connectivity index (χ0) is 13.7. The van der Waals surface area contributed by atoms with E-state index in [0.29, 0.717) is 0 Å². The summed E-state index contributed by atoms with van der Waals surface area (Å²) < 4.78 is 5.29. The molecule has 0 spiro atoms. The second kappa shape index (κ2) is 6.76. The minimum atomic E-state index is 0.213. The van der Waals surface area contributed by atoms with Crippen LogP contribution in [0.5, 0.6) is 5.75 Å². The van der Waals surface area contributed by atoms with E-state index in [-0.39, 0.29) is 18.6 Å². The van der Waals surface area contributed by atoms with Crippen LogP contribution in [-0.2, 0) is 0 Å². The van der Waals surface area contributed by atoms with Crippen molar-refractivity contribution < 1.29 is 9.84 Å². The lowest BCUT2D eigenvalue weighted by Crippen LogP contribution is -2.29. The molecular weight excluding hydrogens is 226 g/mol. The minimum absolute atomic E-state index is 0.213. The molecule has 0 aliphatic heterocycles. The van der Waals surface area contributed by atoms with E-state index in [4.69, 9.17) is 4.74 Å². The molecule has 0 saturated heterocycles. The largest absolute Gasteiger partial charge is 0.496 e. The number of hydrogen-bond acceptors (Lipinski definition) is 3. The normalized spacial score (nSPS) is 14.6. The predicted octanol–water partition coefficient (Wildman–Crippen LogP) is 2.62. The van der Waals surface area contributed by atoms with Gasteiger partial charge in [-0.2, -0.15) is 0 Å². The van der Waals surface area contributed by atoms with Crippen LogP contribution in [0, 0.1) is 12.8 Å². The van der Waals surface area contributed by atoms with Gasteiger partial charge in [0.15, 0.2) is 0 Å². The van der Waals surface area contributed by atoms with E-state index in [1.165, 1.54) is 5.56 Å². The first kappa shape index (κ1) is 15.0. The van der Waals surface area contributed by atoms with Crippen molar-refractivity contribution in [3.8, 4) is 5.75 Å². The van der Waals surface area contributed by atoms with Crippen molar-refractivity contribution in [1.82, 2.24) is 4.90 Å². The lowest BCUT2D eigenvalue weighted by atomic mass is 9.90. The van der Waals surface area contributed by atoms with Crippen molar-refractivity contribution in [2.45, 2.75) is 26.3 Å². The smallest absolute Gasteiger partial charge is 0.121 e. The molecule has 0 radical (unpaired) electrons. The van der Waals surface area contributed by atoms with Crippen molar-refractivity contribution in [3.05, 3.63) is 29.3 Å². The Labute approximate surface area is 110 Å². The number of benzene rings is 1. The summed E-state index contributed by atoms with van der Waals surface area (Å²) in [6.45, 7) is 4.38. The van der Waals surface area contributed by atoms with Crippen molar-refractivity contribution in [2.24, 2.45) is 5.92 Å². The molecule has 18 heavy (non-hydrogen) atoms. The first-order chi connectivity index (χ1) is 8.54. The van der Waals surface area contributed by atoms with Crippen LogP contribution in [0.25, 0.3) is 0 Å². The molecule has 1 rings (SSSR count). The zero-order valence-electron chi connectivity index (χ0n) is 12.1. The quantitative estimate of drug-likeness (QED) is 0.843. The third-order valence-electron chi connectivity index (χ3n) is 3.52. The summed E-state index contributed by atoms with van der Waals surface area (Å²) in [5, 5.41) is 9.53. The third kappa shape index (κ3) is 3.24. The standard InChI is InChI=1S/C15H25NO2/c1-6-12(10-17)15(16(3)4)13-7-8-14(18-5)11(2)9-13/h7-9,12,15,17H,6,10H2,1-5H3. The van der Waals surface area contributed by atoms with E-state index in [1.54, 1.807) is 7.11 Å². The van der Waals surface area contributed by atoms with Crippen LogP contribution in [0.2, 0.25) is 0 Å². The van der Waals surface area contributed by atoms with Gasteiger partial charge in [0.1, 0.15) is 5.75 Å². The summed E-state index contributed by atoms with van der Waals surface area (Å²) in [5.41, 5.74) is 2.37. The molecule has 0 amide bonds. The Morgan fingerprint density at radius 2 is 2.00 bits per heavy atom. The van der Waals surface area contributed by atoms with Gasteiger partial charge in [0.2, 0.25) is 0 Å². The Morgan fingerprint density at radius 3 is 2.39 bits per heavy atom. The molecule has 0 fully saturated rings. The summed E-state index contributed by atoms with van der Waals surface area (Å²) in [6, 6.07) is 6.49. The van der Waals surface area contributed by atoms with Gasteiger partial charge in [-0.1, -0.05) is 19.1 Å². The molecule has 1 N–H and O–H groups in total. The van der Waals surface area contributed by atoms with Crippen LogP contribution in [0.3, 0.4) is 0 Å². The monoisotopic (exact) mass is 251 g/mol. The van der Waals surface area contributed by atoms with Crippen LogP contribution >= 0.6 is 0 Å². The van der Waals surface area contributed by atoms with E-state index < -0.39 is 0 Å². The second-order valence-electron chi connectivity index (χ2n) is 4.99. The molecule has 2 unspecified atom stereocenters. The van der Waals surface area contributed by atoms with E-state index in [0.717, 1.165) is 17.7 Å². The zero-order valence-corrected chi connectivity index (χ0v) is 12.1. The molecule has 2 atom stereocenters. The summed E-state index contributed by atoms with van der Waals surface area (Å²) in [7, 11) is 5.80. The molecular formula is C15H25NO2. The highest BCUT2D eigenvalue weighted by molar-refractivity contribution is 5.37. The highest BCUT2D eigenvalue weighted by Crippen LogP contribution is 2.31. The van der Waals surface area contributed by atoms with Crippen molar-refractivity contribution in [2.75, 3.05) is 27.8 Å². The highest BCUT2D eigenvalue weighted by Gasteiger charge is 2.23. The van der Waals surface area contributed by atoms with E-state index >= 15 is 0 Å². The first-order valence-electron chi connectivity index (χ1n) is 6.46. The number of aryl methyl sites for hydroxylation is 1. The van der Waals surface area contributed by atoms with Gasteiger partial charge in [0.05, 0.1) is 7.11 Å². The van der Waals surface area contributed by atoms with Crippen LogP contribution in [0.4, 0.5) is 0 Å². The Hall–Kier alpha value is -1.06. The molecule has 102 valence electrons. The maximum Gasteiger partial charge on any atom is 0.121 e. The van der Waals surface area contributed by atoms with E-state index in [2.05, 4.69) is 45.0 Å². The number of aliphatic hydroxyl groups is 1. The van der Waals surface area contributed by atoms with Gasteiger partial charge in [0, 0.05) is 18.6 Å². The topological polar surface area (TPSA) is 32.7 Å². The van der Waals surface area contributed by atoms with Crippen LogP contribution < -0.4 is 4.74 Å². The van der Waals surface area contributed by atoms with Crippen molar-refractivity contribution in [3.63, 3.8) is 0 Å². The van der Waals surface area contributed by atoms with Gasteiger partial charge in [-0.15, -0.1) is 0 Å². The van der Waals surface area contributed by atoms with Crippen molar-refractivity contribution in [1.29, 1.82) is 0 Å². The van der Waals surface area contributed by atoms with Gasteiger partial charge in [-0.25, -0.2) is 0 Å². The summed E-state index contributed by atoms with van der Waals surface area (Å²) in [6.07, 6.45) is 0.963. The Kier molecular flexibility index (Phi) is 5.63. The Balaban J connectivity index is 3.10. The molecule has 0 aliphatic carbocycles. The van der Waals surface area contributed by atoms with Gasteiger partial charge < -0.3 is 14.7 Å². The third-order valence-corrected chi connectivity index (χ3v) is 3.52. The summed E-state index contributed by atoms with van der Waals surface area (Å²) in [5.74, 6) is 1.17. The molecule has 0 aliphatic rings. The average molecular weight is 251 g/mol. The second-order valence-corrected chi connectivity index (χ2v) is 4.99. The van der Waals surface area contributed by atoms with Gasteiger partial charge >= 0.3 is 0 Å². The predicted molar refractivity (Wildman–Crippen MR) is 75.0 cm³/mol. The number of methoxy groups -OCH3 is 1. The van der Waals surface area contributed by atoms with E-state index in [1.807, 2.05) is 6.07 Å². The maximum atomic E-state index is 9.53. The molecule has 0 saturated carbocycles. The maximum absolute atomic E-state index is 9.53. The highest BCUT2D eigenvalue weighted by atomic mass is 16.5. The van der Waals surface area contributed by atoms with Crippen LogP contribution in [-0.4, -0.2) is 37.8 Å². The number of hydrogen-bond donors (Lipinski definition) is 1. The lowest BCUT2D eigenvalue weighted by molar-refractivity contribution is 0.130. The molecule has 1 aromatic carbocycles. The van der Waals surface area contributed by atoms with E-state index in [9.17, 15) is 5.11 Å². The number of nitrogens with zero attached hydrogens (tertiary/aromatic N) is 1. The molecule has 0 heterocycles. The first-order valence-corrected chi connectivity index (χ1v) is 6.46. The number of rotatable bonds is 6. The molecule has 0 bridgehead atoms. The van der Waals surface area contributed by atoms with Gasteiger partial charge in [0.25, 0.3) is 0 Å². The Morgan fingerprint density at radius 1 is 1.33 bits per heavy atom. The SMILES string of the molecule is CCC(CO)C(c1ccc(OC)c(C)c1)N(C)C. The molecule has 1 aromatic rings. The average Bonchev–Trinajstić information content (AvgIpc) is 2.35. The van der Waals surface area contributed by atoms with Crippen LogP contribution in [0.1, 0.15) is 30.5 Å². The fraction of sp³-hybridized carbons (Fsp3) is 0.600. The molecule has 3 nitrogen and oxygen atoms in total. The minimum Gasteiger partial charge on any atom is -0.496 e. The van der Waals surface area contributed by atoms with Crippen LogP contribution in [0.15, 0.2) is 18.2 Å².